The molecule has 2 aliphatic rings. The molecule has 1 fully saturated rings. The predicted octanol–water partition coefficient (Wildman–Crippen LogP) is 3.51. The van der Waals surface area contributed by atoms with Gasteiger partial charge in [-0.05, 0) is 46.9 Å². The van der Waals surface area contributed by atoms with Crippen LogP contribution in [0.2, 0.25) is 0 Å². The van der Waals surface area contributed by atoms with Gasteiger partial charge in [-0.15, -0.1) is 0 Å². The van der Waals surface area contributed by atoms with Gasteiger partial charge < -0.3 is 10.4 Å². The van der Waals surface area contributed by atoms with Crippen molar-refractivity contribution in [1.82, 2.24) is 5.32 Å². The van der Waals surface area contributed by atoms with Gasteiger partial charge in [0.05, 0.1) is 6.04 Å². The van der Waals surface area contributed by atoms with Gasteiger partial charge in [0.2, 0.25) is 0 Å². The lowest BCUT2D eigenvalue weighted by atomic mass is 10.0. The summed E-state index contributed by atoms with van der Waals surface area (Å²) < 4.78 is 0. The Morgan fingerprint density at radius 2 is 1.52 bits per heavy atom. The van der Waals surface area contributed by atoms with E-state index in [9.17, 15) is 5.11 Å². The molecule has 2 aromatic rings. The fourth-order valence-corrected chi connectivity index (χ4v) is 3.62. The third-order valence-electron chi connectivity index (χ3n) is 5.11. The molecule has 0 amide bonds. The van der Waals surface area contributed by atoms with Gasteiger partial charge in [0.25, 0.3) is 0 Å². The normalized spacial score (nSPS) is 18.3. The van der Waals surface area contributed by atoms with Crippen LogP contribution in [0.25, 0.3) is 11.1 Å². The van der Waals surface area contributed by atoms with Crippen LogP contribution in [0.3, 0.4) is 0 Å². The van der Waals surface area contributed by atoms with Crippen molar-refractivity contribution in [2.45, 2.75) is 25.3 Å². The molecule has 2 heteroatoms. The van der Waals surface area contributed by atoms with Crippen LogP contribution in [0.5, 0.6) is 0 Å². The van der Waals surface area contributed by atoms with E-state index < -0.39 is 0 Å². The second-order valence-corrected chi connectivity index (χ2v) is 6.46. The van der Waals surface area contributed by atoms with Crippen molar-refractivity contribution in [2.24, 2.45) is 5.41 Å². The monoisotopic (exact) mass is 279 g/mol. The highest BCUT2D eigenvalue weighted by Crippen LogP contribution is 2.49. The standard InChI is InChI=1S/C19H21NO/c21-12-11-19(9-10-19)13-20-18-16-7-3-1-5-14(16)15-6-2-4-8-17(15)18/h1-8,18,20-21H,9-13H2. The summed E-state index contributed by atoms with van der Waals surface area (Å²) in [5, 5.41) is 13.0. The highest BCUT2D eigenvalue weighted by atomic mass is 16.3. The van der Waals surface area contributed by atoms with E-state index in [2.05, 4.69) is 53.8 Å². The Balaban J connectivity index is 1.63. The van der Waals surface area contributed by atoms with Gasteiger partial charge >= 0.3 is 0 Å². The largest absolute Gasteiger partial charge is 0.396 e. The lowest BCUT2D eigenvalue weighted by molar-refractivity contribution is 0.244. The van der Waals surface area contributed by atoms with E-state index in [1.807, 2.05) is 0 Å². The molecule has 0 spiro atoms. The van der Waals surface area contributed by atoms with E-state index in [1.165, 1.54) is 35.1 Å². The van der Waals surface area contributed by atoms with E-state index in [-0.39, 0.29) is 0 Å². The zero-order valence-corrected chi connectivity index (χ0v) is 12.2. The third kappa shape index (κ3) is 2.19. The number of aliphatic hydroxyl groups excluding tert-OH is 1. The second-order valence-electron chi connectivity index (χ2n) is 6.46. The van der Waals surface area contributed by atoms with E-state index in [0.29, 0.717) is 18.1 Å². The number of rotatable bonds is 5. The molecule has 0 radical (unpaired) electrons. The van der Waals surface area contributed by atoms with Crippen LogP contribution in [0, 0.1) is 5.41 Å². The van der Waals surface area contributed by atoms with Crippen LogP contribution in [-0.2, 0) is 0 Å². The summed E-state index contributed by atoms with van der Waals surface area (Å²) in [6.07, 6.45) is 3.42. The highest BCUT2D eigenvalue weighted by Gasteiger charge is 2.42. The molecule has 2 aliphatic carbocycles. The molecule has 0 aromatic heterocycles. The molecule has 2 N–H and O–H groups in total. The van der Waals surface area contributed by atoms with Crippen molar-refractivity contribution in [3.05, 3.63) is 59.7 Å². The van der Waals surface area contributed by atoms with Crippen molar-refractivity contribution in [3.63, 3.8) is 0 Å². The smallest absolute Gasteiger partial charge is 0.0589 e. The molecule has 2 aromatic carbocycles. The van der Waals surface area contributed by atoms with Gasteiger partial charge in [-0.3, -0.25) is 0 Å². The predicted molar refractivity (Wildman–Crippen MR) is 85.1 cm³/mol. The average Bonchev–Trinajstić information content (AvgIpc) is 3.21. The van der Waals surface area contributed by atoms with Crippen molar-refractivity contribution >= 4 is 0 Å². The summed E-state index contributed by atoms with van der Waals surface area (Å²) in [6, 6.07) is 17.7. The van der Waals surface area contributed by atoms with Gasteiger partial charge in [0, 0.05) is 13.2 Å². The maximum absolute atomic E-state index is 9.22. The maximum atomic E-state index is 9.22. The van der Waals surface area contributed by atoms with Crippen LogP contribution in [0.15, 0.2) is 48.5 Å². The van der Waals surface area contributed by atoms with E-state index in [1.54, 1.807) is 0 Å². The average molecular weight is 279 g/mol. The van der Waals surface area contributed by atoms with Crippen LogP contribution < -0.4 is 5.32 Å². The molecule has 4 rings (SSSR count). The summed E-state index contributed by atoms with van der Waals surface area (Å²) in [6.45, 7) is 1.31. The van der Waals surface area contributed by atoms with E-state index >= 15 is 0 Å². The lowest BCUT2D eigenvalue weighted by Crippen LogP contribution is -2.28. The first-order valence-corrected chi connectivity index (χ1v) is 7.85. The Kier molecular flexibility index (Phi) is 3.09. The maximum Gasteiger partial charge on any atom is 0.0589 e. The van der Waals surface area contributed by atoms with E-state index in [0.717, 1.165) is 13.0 Å². The molecule has 108 valence electrons. The summed E-state index contributed by atoms with van der Waals surface area (Å²) >= 11 is 0. The summed E-state index contributed by atoms with van der Waals surface area (Å²) in [5.74, 6) is 0. The van der Waals surface area contributed by atoms with Crippen LogP contribution in [0.4, 0.5) is 0 Å². The zero-order chi connectivity index (χ0) is 14.3. The van der Waals surface area contributed by atoms with Gasteiger partial charge in [-0.25, -0.2) is 0 Å². The van der Waals surface area contributed by atoms with Crippen LogP contribution in [-0.4, -0.2) is 18.3 Å². The van der Waals surface area contributed by atoms with Crippen molar-refractivity contribution < 1.29 is 5.11 Å². The quantitative estimate of drug-likeness (QED) is 0.878. The van der Waals surface area contributed by atoms with Gasteiger partial charge in [0.15, 0.2) is 0 Å². The first-order chi connectivity index (χ1) is 10.3. The first-order valence-electron chi connectivity index (χ1n) is 7.85. The molecular formula is C19H21NO. The Morgan fingerprint density at radius 3 is 2.05 bits per heavy atom. The Hall–Kier alpha value is -1.64. The molecular weight excluding hydrogens is 258 g/mol. The molecule has 0 saturated heterocycles. The minimum Gasteiger partial charge on any atom is -0.396 e. The Morgan fingerprint density at radius 1 is 0.952 bits per heavy atom. The highest BCUT2D eigenvalue weighted by molar-refractivity contribution is 5.78. The number of hydrogen-bond donors (Lipinski definition) is 2. The fourth-order valence-electron chi connectivity index (χ4n) is 3.62. The number of hydrogen-bond acceptors (Lipinski definition) is 2. The lowest BCUT2D eigenvalue weighted by Gasteiger charge is -2.20. The molecule has 1 saturated carbocycles. The molecule has 2 nitrogen and oxygen atoms in total. The van der Waals surface area contributed by atoms with E-state index in [4.69, 9.17) is 0 Å². The molecule has 0 unspecified atom stereocenters. The van der Waals surface area contributed by atoms with Gasteiger partial charge in [-0.2, -0.15) is 0 Å². The summed E-state index contributed by atoms with van der Waals surface area (Å²) in [7, 11) is 0. The second kappa shape index (κ2) is 4.97. The number of benzene rings is 2. The van der Waals surface area contributed by atoms with Crippen molar-refractivity contribution in [2.75, 3.05) is 13.2 Å². The molecule has 21 heavy (non-hydrogen) atoms. The van der Waals surface area contributed by atoms with Crippen LogP contribution in [0.1, 0.15) is 36.4 Å². The first kappa shape index (κ1) is 13.1. The summed E-state index contributed by atoms with van der Waals surface area (Å²) in [4.78, 5) is 0. The van der Waals surface area contributed by atoms with Gasteiger partial charge in [-0.1, -0.05) is 48.5 Å². The SMILES string of the molecule is OCCC1(CNC2c3ccccc3-c3ccccc32)CC1. The Bertz CT molecular complexity index is 615. The number of fused-ring (bicyclic) bond motifs is 3. The number of nitrogens with one attached hydrogen (secondary N) is 1. The van der Waals surface area contributed by atoms with Crippen molar-refractivity contribution in [3.8, 4) is 11.1 Å². The van der Waals surface area contributed by atoms with Gasteiger partial charge in [0.1, 0.15) is 0 Å². The third-order valence-corrected chi connectivity index (χ3v) is 5.11. The zero-order valence-electron chi connectivity index (χ0n) is 12.2. The van der Waals surface area contributed by atoms with Crippen molar-refractivity contribution in [1.29, 1.82) is 0 Å². The molecule has 0 aliphatic heterocycles. The minimum absolute atomic E-state index is 0.300. The minimum atomic E-state index is 0.300. The fraction of sp³-hybridized carbons (Fsp3) is 0.368. The number of aliphatic hydroxyl groups is 1. The Labute approximate surface area is 125 Å². The topological polar surface area (TPSA) is 32.3 Å². The van der Waals surface area contributed by atoms with Crippen LogP contribution >= 0.6 is 0 Å². The molecule has 0 atom stereocenters. The molecule has 0 heterocycles. The molecule has 0 bridgehead atoms. The summed E-state index contributed by atoms with van der Waals surface area (Å²) in [5.41, 5.74) is 5.84.